The zero-order valence-corrected chi connectivity index (χ0v) is 11.4. The third kappa shape index (κ3) is 3.26. The van der Waals surface area contributed by atoms with Crippen LogP contribution in [0, 0.1) is 0 Å². The van der Waals surface area contributed by atoms with Crippen LogP contribution in [0.2, 0.25) is 0 Å². The highest BCUT2D eigenvalue weighted by Gasteiger charge is 2.28. The number of aromatic nitrogens is 4. The number of rotatable bonds is 6. The van der Waals surface area contributed by atoms with Crippen molar-refractivity contribution >= 4 is 10.8 Å². The first kappa shape index (κ1) is 12.5. The van der Waals surface area contributed by atoms with E-state index in [0.717, 1.165) is 25.1 Å². The molecule has 1 aliphatic rings. The van der Waals surface area contributed by atoms with E-state index in [1.54, 1.807) is 0 Å². The standard InChI is InChI=1S/C13H16N4OS/c18-19(9-8-11-4-2-1-3-5-11)10-13-14-15-16-17(13)12-6-7-12/h1-5,12H,6-10H2/t19-/m1/s1. The van der Waals surface area contributed by atoms with Crippen LogP contribution in [-0.4, -0.2) is 30.2 Å². The van der Waals surface area contributed by atoms with Crippen molar-refractivity contribution < 1.29 is 4.21 Å². The molecule has 1 fully saturated rings. The van der Waals surface area contributed by atoms with Crippen molar-refractivity contribution in [2.45, 2.75) is 31.1 Å². The first-order chi connectivity index (χ1) is 9.33. The molecule has 1 atom stereocenters. The third-order valence-corrected chi connectivity index (χ3v) is 4.44. The minimum absolute atomic E-state index is 0.441. The normalized spacial score (nSPS) is 16.4. The SMILES string of the molecule is O=[S@](CCc1ccccc1)Cc1nnnn1C1CC1. The maximum Gasteiger partial charge on any atom is 0.164 e. The van der Waals surface area contributed by atoms with Crippen molar-refractivity contribution in [3.8, 4) is 0 Å². The quantitative estimate of drug-likeness (QED) is 0.802. The number of hydrogen-bond acceptors (Lipinski definition) is 4. The molecule has 0 radical (unpaired) electrons. The summed E-state index contributed by atoms with van der Waals surface area (Å²) >= 11 is 0. The first-order valence-corrected chi connectivity index (χ1v) is 7.97. The molecular weight excluding hydrogens is 260 g/mol. The Morgan fingerprint density at radius 1 is 1.26 bits per heavy atom. The summed E-state index contributed by atoms with van der Waals surface area (Å²) in [5.41, 5.74) is 1.22. The molecule has 1 aliphatic carbocycles. The number of tetrazole rings is 1. The zero-order chi connectivity index (χ0) is 13.1. The maximum absolute atomic E-state index is 12.1. The highest BCUT2D eigenvalue weighted by molar-refractivity contribution is 7.84. The van der Waals surface area contributed by atoms with Crippen molar-refractivity contribution in [1.82, 2.24) is 20.2 Å². The lowest BCUT2D eigenvalue weighted by Crippen LogP contribution is -2.10. The Bertz CT molecular complexity index is 565. The van der Waals surface area contributed by atoms with Crippen LogP contribution in [0.15, 0.2) is 30.3 Å². The molecule has 0 spiro atoms. The molecule has 0 N–H and O–H groups in total. The van der Waals surface area contributed by atoms with Crippen molar-refractivity contribution in [2.24, 2.45) is 0 Å². The van der Waals surface area contributed by atoms with Crippen LogP contribution in [0.3, 0.4) is 0 Å². The van der Waals surface area contributed by atoms with Gasteiger partial charge in [0.25, 0.3) is 0 Å². The molecule has 3 rings (SSSR count). The molecule has 0 amide bonds. The van der Waals surface area contributed by atoms with E-state index < -0.39 is 10.8 Å². The average molecular weight is 276 g/mol. The van der Waals surface area contributed by atoms with Gasteiger partial charge in [-0.05, 0) is 35.3 Å². The lowest BCUT2D eigenvalue weighted by atomic mass is 10.2. The Balaban J connectivity index is 1.55. The fraction of sp³-hybridized carbons (Fsp3) is 0.462. The van der Waals surface area contributed by atoms with Gasteiger partial charge in [-0.25, -0.2) is 4.68 Å². The van der Waals surface area contributed by atoms with E-state index in [-0.39, 0.29) is 0 Å². The summed E-state index contributed by atoms with van der Waals surface area (Å²) in [7, 11) is -0.912. The number of benzene rings is 1. The lowest BCUT2D eigenvalue weighted by Gasteiger charge is -2.03. The van der Waals surface area contributed by atoms with E-state index in [4.69, 9.17) is 0 Å². The molecule has 1 saturated carbocycles. The summed E-state index contributed by atoms with van der Waals surface area (Å²) in [6, 6.07) is 10.6. The van der Waals surface area contributed by atoms with Gasteiger partial charge < -0.3 is 0 Å². The molecular formula is C13H16N4OS. The summed E-state index contributed by atoms with van der Waals surface area (Å²) in [4.78, 5) is 0. The van der Waals surface area contributed by atoms with Gasteiger partial charge in [0.2, 0.25) is 0 Å². The van der Waals surface area contributed by atoms with Gasteiger partial charge in [0.15, 0.2) is 5.82 Å². The Morgan fingerprint density at radius 3 is 2.79 bits per heavy atom. The topological polar surface area (TPSA) is 60.7 Å². The minimum atomic E-state index is -0.912. The van der Waals surface area contributed by atoms with Gasteiger partial charge in [-0.2, -0.15) is 0 Å². The van der Waals surface area contributed by atoms with E-state index in [2.05, 4.69) is 27.7 Å². The third-order valence-electron chi connectivity index (χ3n) is 3.21. The molecule has 0 aliphatic heterocycles. The largest absolute Gasteiger partial charge is 0.259 e. The van der Waals surface area contributed by atoms with E-state index >= 15 is 0 Å². The van der Waals surface area contributed by atoms with E-state index in [9.17, 15) is 4.21 Å². The van der Waals surface area contributed by atoms with Crippen LogP contribution in [0.25, 0.3) is 0 Å². The zero-order valence-electron chi connectivity index (χ0n) is 10.6. The van der Waals surface area contributed by atoms with Crippen molar-refractivity contribution in [1.29, 1.82) is 0 Å². The number of hydrogen-bond donors (Lipinski definition) is 0. The van der Waals surface area contributed by atoms with E-state index in [0.29, 0.717) is 17.5 Å². The van der Waals surface area contributed by atoms with E-state index in [1.807, 2.05) is 22.9 Å². The maximum atomic E-state index is 12.1. The first-order valence-electron chi connectivity index (χ1n) is 6.48. The van der Waals surface area contributed by atoms with Gasteiger partial charge >= 0.3 is 0 Å². The molecule has 0 bridgehead atoms. The number of nitrogens with zero attached hydrogens (tertiary/aromatic N) is 4. The predicted octanol–water partition coefficient (Wildman–Crippen LogP) is 1.50. The highest BCUT2D eigenvalue weighted by atomic mass is 32.2. The van der Waals surface area contributed by atoms with Crippen molar-refractivity contribution in [3.63, 3.8) is 0 Å². The number of aryl methyl sites for hydroxylation is 1. The molecule has 19 heavy (non-hydrogen) atoms. The second kappa shape index (κ2) is 5.61. The van der Waals surface area contributed by atoms with Gasteiger partial charge in [0, 0.05) is 16.6 Å². The second-order valence-electron chi connectivity index (χ2n) is 4.79. The predicted molar refractivity (Wildman–Crippen MR) is 72.9 cm³/mol. The van der Waals surface area contributed by atoms with Gasteiger partial charge in [0.1, 0.15) is 0 Å². The Hall–Kier alpha value is -1.56. The Morgan fingerprint density at radius 2 is 2.05 bits per heavy atom. The monoisotopic (exact) mass is 276 g/mol. The lowest BCUT2D eigenvalue weighted by molar-refractivity contribution is 0.591. The molecule has 0 saturated heterocycles. The smallest absolute Gasteiger partial charge is 0.164 e. The molecule has 100 valence electrons. The summed E-state index contributed by atoms with van der Waals surface area (Å²) in [5, 5.41) is 11.6. The van der Waals surface area contributed by atoms with Crippen LogP contribution in [0.1, 0.15) is 30.3 Å². The Labute approximate surface area is 114 Å². The van der Waals surface area contributed by atoms with Crippen molar-refractivity contribution in [3.05, 3.63) is 41.7 Å². The van der Waals surface area contributed by atoms with Gasteiger partial charge in [0.05, 0.1) is 11.8 Å². The molecule has 0 unspecified atom stereocenters. The minimum Gasteiger partial charge on any atom is -0.259 e. The second-order valence-corrected chi connectivity index (χ2v) is 6.37. The molecule has 6 heteroatoms. The summed E-state index contributed by atoms with van der Waals surface area (Å²) < 4.78 is 13.9. The fourth-order valence-electron chi connectivity index (χ4n) is 2.00. The molecule has 2 aromatic rings. The van der Waals surface area contributed by atoms with Crippen LogP contribution in [0.5, 0.6) is 0 Å². The molecule has 1 aromatic carbocycles. The van der Waals surface area contributed by atoms with Crippen LogP contribution in [-0.2, 0) is 23.0 Å². The molecule has 1 heterocycles. The van der Waals surface area contributed by atoms with Crippen LogP contribution >= 0.6 is 0 Å². The average Bonchev–Trinajstić information content (AvgIpc) is 3.18. The summed E-state index contributed by atoms with van der Waals surface area (Å²) in [6.45, 7) is 0. The summed E-state index contributed by atoms with van der Waals surface area (Å²) in [5.74, 6) is 1.87. The van der Waals surface area contributed by atoms with Gasteiger partial charge in [-0.1, -0.05) is 30.3 Å². The van der Waals surface area contributed by atoms with Crippen LogP contribution < -0.4 is 0 Å². The van der Waals surface area contributed by atoms with Crippen molar-refractivity contribution in [2.75, 3.05) is 5.75 Å². The summed E-state index contributed by atoms with van der Waals surface area (Å²) in [6.07, 6.45) is 3.10. The molecule has 5 nitrogen and oxygen atoms in total. The fourth-order valence-corrected chi connectivity index (χ4v) is 3.09. The highest BCUT2D eigenvalue weighted by Crippen LogP contribution is 2.34. The van der Waals surface area contributed by atoms with Gasteiger partial charge in [-0.15, -0.1) is 5.10 Å². The van der Waals surface area contributed by atoms with E-state index in [1.165, 1.54) is 5.56 Å². The molecule has 1 aromatic heterocycles. The van der Waals surface area contributed by atoms with Crippen LogP contribution in [0.4, 0.5) is 0 Å². The van der Waals surface area contributed by atoms with Gasteiger partial charge in [-0.3, -0.25) is 4.21 Å². The Kier molecular flexibility index (Phi) is 3.68.